The monoisotopic (exact) mass is 356 g/mol. The molecule has 2 aromatic rings. The van der Waals surface area contributed by atoms with Crippen LogP contribution in [0.15, 0.2) is 40.9 Å². The van der Waals surface area contributed by atoms with Gasteiger partial charge in [0.1, 0.15) is 5.82 Å². The minimum Gasteiger partial charge on any atom is -0.380 e. The van der Waals surface area contributed by atoms with Gasteiger partial charge in [0.2, 0.25) is 5.91 Å². The first kappa shape index (κ1) is 14.8. The lowest BCUT2D eigenvalue weighted by Gasteiger charge is -2.10. The Hall–Kier alpha value is -1.59. The van der Waals surface area contributed by atoms with E-state index in [2.05, 4.69) is 21.2 Å². The second kappa shape index (κ2) is 6.24. The highest BCUT2D eigenvalue weighted by Crippen LogP contribution is 2.26. The topological polar surface area (TPSA) is 55.1 Å². The molecule has 0 aliphatic carbocycles. The predicted octanol–water partition coefficient (Wildman–Crippen LogP) is 3.95. The molecule has 2 rings (SSSR count). The van der Waals surface area contributed by atoms with Crippen LogP contribution in [0.4, 0.5) is 10.1 Å². The van der Waals surface area contributed by atoms with Crippen LogP contribution >= 0.6 is 27.5 Å². The van der Waals surface area contributed by atoms with Crippen LogP contribution in [-0.2, 0) is 6.54 Å². The van der Waals surface area contributed by atoms with Crippen LogP contribution in [0, 0.1) is 5.82 Å². The molecule has 20 heavy (non-hydrogen) atoms. The van der Waals surface area contributed by atoms with Crippen LogP contribution in [0.5, 0.6) is 0 Å². The van der Waals surface area contributed by atoms with Crippen LogP contribution in [0.1, 0.15) is 15.9 Å². The molecule has 0 radical (unpaired) electrons. The number of anilines is 1. The highest BCUT2D eigenvalue weighted by molar-refractivity contribution is 9.10. The van der Waals surface area contributed by atoms with E-state index in [0.717, 1.165) is 10.2 Å². The Morgan fingerprint density at radius 3 is 2.75 bits per heavy atom. The third-order valence-electron chi connectivity index (χ3n) is 2.73. The lowest BCUT2D eigenvalue weighted by atomic mass is 10.1. The molecule has 0 saturated heterocycles. The lowest BCUT2D eigenvalue weighted by molar-refractivity contribution is 0.1000. The zero-order chi connectivity index (χ0) is 14.7. The fourth-order valence-electron chi connectivity index (χ4n) is 1.69. The molecule has 6 heteroatoms. The summed E-state index contributed by atoms with van der Waals surface area (Å²) in [7, 11) is 0. The number of carbonyl (C=O) groups excluding carboxylic acids is 1. The van der Waals surface area contributed by atoms with Gasteiger partial charge in [0.05, 0.1) is 5.69 Å². The largest absolute Gasteiger partial charge is 0.380 e. The Morgan fingerprint density at radius 2 is 2.05 bits per heavy atom. The molecule has 0 heterocycles. The molecule has 3 nitrogen and oxygen atoms in total. The van der Waals surface area contributed by atoms with Crippen molar-refractivity contribution in [1.82, 2.24) is 0 Å². The van der Waals surface area contributed by atoms with Crippen LogP contribution in [0.25, 0.3) is 0 Å². The standard InChI is InChI=1S/C14H11BrClFN2O/c15-11-3-2-10(16)6-13(11)19-7-9-5-8(14(18)20)1-4-12(9)17/h1-6,19H,7H2,(H2,18,20). The average Bonchev–Trinajstić information content (AvgIpc) is 2.41. The highest BCUT2D eigenvalue weighted by atomic mass is 79.9. The smallest absolute Gasteiger partial charge is 0.248 e. The van der Waals surface area contributed by atoms with Crippen molar-refractivity contribution in [3.8, 4) is 0 Å². The zero-order valence-electron chi connectivity index (χ0n) is 10.3. The maximum absolute atomic E-state index is 13.7. The molecule has 2 aromatic carbocycles. The maximum atomic E-state index is 13.7. The molecule has 0 aliphatic rings. The Balaban J connectivity index is 2.20. The third kappa shape index (κ3) is 3.49. The van der Waals surface area contributed by atoms with E-state index in [1.54, 1.807) is 18.2 Å². The molecule has 0 aliphatic heterocycles. The number of primary amides is 1. The highest BCUT2D eigenvalue weighted by Gasteiger charge is 2.08. The Labute approximate surface area is 129 Å². The summed E-state index contributed by atoms with van der Waals surface area (Å²) in [6.07, 6.45) is 0. The van der Waals surface area contributed by atoms with Gasteiger partial charge in [-0.15, -0.1) is 0 Å². The minimum atomic E-state index is -0.588. The molecule has 3 N–H and O–H groups in total. The van der Waals surface area contributed by atoms with Crippen molar-refractivity contribution >= 4 is 39.1 Å². The first-order valence-electron chi connectivity index (χ1n) is 5.74. The van der Waals surface area contributed by atoms with E-state index >= 15 is 0 Å². The minimum absolute atomic E-state index is 0.214. The molecule has 1 amide bonds. The van der Waals surface area contributed by atoms with Gasteiger partial charge in [0, 0.05) is 27.2 Å². The summed E-state index contributed by atoms with van der Waals surface area (Å²) in [5, 5.41) is 3.62. The second-order valence-electron chi connectivity index (χ2n) is 4.15. The molecule has 0 aromatic heterocycles. The fraction of sp³-hybridized carbons (Fsp3) is 0.0714. The van der Waals surface area contributed by atoms with Gasteiger partial charge >= 0.3 is 0 Å². The maximum Gasteiger partial charge on any atom is 0.248 e. The van der Waals surface area contributed by atoms with Gasteiger partial charge in [0.25, 0.3) is 0 Å². The van der Waals surface area contributed by atoms with E-state index < -0.39 is 11.7 Å². The van der Waals surface area contributed by atoms with Gasteiger partial charge in [-0.25, -0.2) is 4.39 Å². The summed E-state index contributed by atoms with van der Waals surface area (Å²) >= 11 is 9.27. The third-order valence-corrected chi connectivity index (χ3v) is 3.65. The van der Waals surface area contributed by atoms with Crippen molar-refractivity contribution in [2.75, 3.05) is 5.32 Å². The van der Waals surface area contributed by atoms with Crippen LogP contribution in [0.2, 0.25) is 5.02 Å². The number of nitrogens with one attached hydrogen (secondary N) is 1. The summed E-state index contributed by atoms with van der Waals surface area (Å²) in [6, 6.07) is 9.27. The first-order valence-corrected chi connectivity index (χ1v) is 6.91. The molecule has 0 unspecified atom stereocenters. The number of nitrogens with two attached hydrogens (primary N) is 1. The van der Waals surface area contributed by atoms with E-state index in [9.17, 15) is 9.18 Å². The molecular formula is C14H11BrClFN2O. The van der Waals surface area contributed by atoms with Crippen molar-refractivity contribution < 1.29 is 9.18 Å². The molecule has 104 valence electrons. The van der Waals surface area contributed by atoms with Crippen molar-refractivity contribution in [2.24, 2.45) is 5.73 Å². The number of hydrogen-bond acceptors (Lipinski definition) is 2. The summed E-state index contributed by atoms with van der Waals surface area (Å²) < 4.78 is 14.5. The summed E-state index contributed by atoms with van der Waals surface area (Å²) in [5.41, 5.74) is 6.54. The molecule has 0 saturated carbocycles. The molecule has 0 bridgehead atoms. The van der Waals surface area contributed by atoms with Crippen LogP contribution in [-0.4, -0.2) is 5.91 Å². The van der Waals surface area contributed by atoms with Crippen molar-refractivity contribution in [3.63, 3.8) is 0 Å². The molecule has 0 fully saturated rings. The summed E-state index contributed by atoms with van der Waals surface area (Å²) in [4.78, 5) is 11.1. The van der Waals surface area contributed by atoms with E-state index in [1.807, 2.05) is 0 Å². The Morgan fingerprint density at radius 1 is 1.30 bits per heavy atom. The zero-order valence-corrected chi connectivity index (χ0v) is 12.6. The summed E-state index contributed by atoms with van der Waals surface area (Å²) in [6.45, 7) is 0.214. The number of rotatable bonds is 4. The van der Waals surface area contributed by atoms with Crippen molar-refractivity contribution in [2.45, 2.75) is 6.54 Å². The van der Waals surface area contributed by atoms with Crippen molar-refractivity contribution in [3.05, 3.63) is 62.8 Å². The average molecular weight is 358 g/mol. The van der Waals surface area contributed by atoms with Gasteiger partial charge in [0.15, 0.2) is 0 Å². The van der Waals surface area contributed by atoms with E-state index in [-0.39, 0.29) is 12.1 Å². The van der Waals surface area contributed by atoms with E-state index in [1.165, 1.54) is 18.2 Å². The number of amides is 1. The number of benzene rings is 2. The van der Waals surface area contributed by atoms with Gasteiger partial charge in [-0.1, -0.05) is 11.6 Å². The number of hydrogen-bond donors (Lipinski definition) is 2. The Bertz CT molecular complexity index is 664. The Kier molecular flexibility index (Phi) is 4.62. The summed E-state index contributed by atoms with van der Waals surface area (Å²) in [5.74, 6) is -0.990. The quantitative estimate of drug-likeness (QED) is 0.870. The lowest BCUT2D eigenvalue weighted by Crippen LogP contribution is -2.12. The van der Waals surface area contributed by atoms with Crippen LogP contribution < -0.4 is 11.1 Å². The number of carbonyl (C=O) groups is 1. The van der Waals surface area contributed by atoms with E-state index in [0.29, 0.717) is 10.6 Å². The SMILES string of the molecule is NC(=O)c1ccc(F)c(CNc2cc(Cl)ccc2Br)c1. The van der Waals surface area contributed by atoms with Gasteiger partial charge < -0.3 is 11.1 Å². The van der Waals surface area contributed by atoms with E-state index in [4.69, 9.17) is 17.3 Å². The van der Waals surface area contributed by atoms with Gasteiger partial charge in [-0.3, -0.25) is 4.79 Å². The predicted molar refractivity (Wildman–Crippen MR) is 81.4 cm³/mol. The molecule has 0 atom stereocenters. The molecule has 0 spiro atoms. The van der Waals surface area contributed by atoms with Crippen molar-refractivity contribution in [1.29, 1.82) is 0 Å². The first-order chi connectivity index (χ1) is 9.47. The van der Waals surface area contributed by atoms with Gasteiger partial charge in [-0.2, -0.15) is 0 Å². The van der Waals surface area contributed by atoms with Crippen LogP contribution in [0.3, 0.4) is 0 Å². The second-order valence-corrected chi connectivity index (χ2v) is 5.44. The molecular weight excluding hydrogens is 347 g/mol. The normalized spacial score (nSPS) is 10.3. The number of halogens is 3. The fourth-order valence-corrected chi connectivity index (χ4v) is 2.25. The van der Waals surface area contributed by atoms with Gasteiger partial charge in [-0.05, 0) is 52.3 Å².